The third-order valence-electron chi connectivity index (χ3n) is 4.22. The lowest BCUT2D eigenvalue weighted by Gasteiger charge is -2.23. The van der Waals surface area contributed by atoms with Crippen molar-refractivity contribution < 1.29 is 18.7 Å². The standard InChI is InChI=1S/C20H24FN3O3/c1-14(24(2)13-16-9-10-18(27-3)17(21)11-16)19(25)23-20(26)22-12-15-7-5-4-6-8-15/h4-11,14H,12-13H2,1-3H3,(H2,22,23,25,26). The van der Waals surface area contributed by atoms with Crippen molar-refractivity contribution in [3.05, 3.63) is 65.5 Å². The lowest BCUT2D eigenvalue weighted by molar-refractivity contribution is -0.124. The number of amides is 3. The molecule has 0 spiro atoms. The first-order valence-corrected chi connectivity index (χ1v) is 8.56. The Morgan fingerprint density at radius 1 is 1.15 bits per heavy atom. The number of urea groups is 1. The number of carbonyl (C=O) groups is 2. The molecule has 2 N–H and O–H groups in total. The molecule has 7 heteroatoms. The normalized spacial score (nSPS) is 11.7. The third kappa shape index (κ3) is 6.07. The van der Waals surface area contributed by atoms with Crippen LogP contribution in [0, 0.1) is 5.82 Å². The maximum atomic E-state index is 13.8. The van der Waals surface area contributed by atoms with Crippen LogP contribution in [-0.2, 0) is 17.9 Å². The van der Waals surface area contributed by atoms with E-state index in [2.05, 4.69) is 10.6 Å². The van der Waals surface area contributed by atoms with E-state index in [0.29, 0.717) is 18.7 Å². The molecule has 0 fully saturated rings. The first-order valence-electron chi connectivity index (χ1n) is 8.56. The van der Waals surface area contributed by atoms with E-state index in [1.165, 1.54) is 13.2 Å². The molecule has 0 radical (unpaired) electrons. The average Bonchev–Trinajstić information content (AvgIpc) is 2.66. The Hall–Kier alpha value is -2.93. The van der Waals surface area contributed by atoms with Gasteiger partial charge in [0.15, 0.2) is 11.6 Å². The van der Waals surface area contributed by atoms with Gasteiger partial charge in [0.1, 0.15) is 0 Å². The fourth-order valence-corrected chi connectivity index (χ4v) is 2.47. The second kappa shape index (κ2) is 9.68. The molecule has 0 aromatic heterocycles. The van der Waals surface area contributed by atoms with Crippen molar-refractivity contribution in [3.8, 4) is 5.75 Å². The molecule has 2 rings (SSSR count). The molecule has 0 saturated carbocycles. The van der Waals surface area contributed by atoms with Gasteiger partial charge in [0, 0.05) is 13.1 Å². The lowest BCUT2D eigenvalue weighted by atomic mass is 10.1. The second-order valence-electron chi connectivity index (χ2n) is 6.22. The summed E-state index contributed by atoms with van der Waals surface area (Å²) < 4.78 is 18.7. The molecule has 6 nitrogen and oxygen atoms in total. The molecular formula is C20H24FN3O3. The van der Waals surface area contributed by atoms with E-state index in [9.17, 15) is 14.0 Å². The summed E-state index contributed by atoms with van der Waals surface area (Å²) in [5, 5.41) is 4.96. The summed E-state index contributed by atoms with van der Waals surface area (Å²) >= 11 is 0. The zero-order chi connectivity index (χ0) is 19.8. The minimum atomic E-state index is -0.572. The van der Waals surface area contributed by atoms with Crippen LogP contribution in [-0.4, -0.2) is 37.0 Å². The number of hydrogen-bond acceptors (Lipinski definition) is 4. The predicted molar refractivity (Wildman–Crippen MR) is 101 cm³/mol. The summed E-state index contributed by atoms with van der Waals surface area (Å²) in [6.07, 6.45) is 0. The van der Waals surface area contributed by atoms with E-state index in [4.69, 9.17) is 4.74 Å². The SMILES string of the molecule is COc1ccc(CN(C)C(C)C(=O)NC(=O)NCc2ccccc2)cc1F. The zero-order valence-corrected chi connectivity index (χ0v) is 15.7. The fraction of sp³-hybridized carbons (Fsp3) is 0.300. The fourth-order valence-electron chi connectivity index (χ4n) is 2.47. The van der Waals surface area contributed by atoms with Gasteiger partial charge in [-0.2, -0.15) is 0 Å². The number of hydrogen-bond donors (Lipinski definition) is 2. The molecule has 2 aromatic carbocycles. The van der Waals surface area contributed by atoms with Crippen molar-refractivity contribution in [2.24, 2.45) is 0 Å². The molecular weight excluding hydrogens is 349 g/mol. The highest BCUT2D eigenvalue weighted by molar-refractivity contribution is 5.96. The van der Waals surface area contributed by atoms with Crippen molar-refractivity contribution >= 4 is 11.9 Å². The molecule has 0 aliphatic rings. The summed E-state index contributed by atoms with van der Waals surface area (Å²) in [6.45, 7) is 2.36. The molecule has 1 atom stereocenters. The van der Waals surface area contributed by atoms with Crippen LogP contribution in [0.4, 0.5) is 9.18 Å². The van der Waals surface area contributed by atoms with Crippen molar-refractivity contribution in [3.63, 3.8) is 0 Å². The number of rotatable bonds is 7. The van der Waals surface area contributed by atoms with E-state index in [-0.39, 0.29) is 5.75 Å². The van der Waals surface area contributed by atoms with Crippen LogP contribution in [0.5, 0.6) is 5.75 Å². The van der Waals surface area contributed by atoms with Gasteiger partial charge in [0.25, 0.3) is 0 Å². The molecule has 27 heavy (non-hydrogen) atoms. The van der Waals surface area contributed by atoms with Gasteiger partial charge < -0.3 is 10.1 Å². The second-order valence-corrected chi connectivity index (χ2v) is 6.22. The molecule has 0 aliphatic carbocycles. The number of methoxy groups -OCH3 is 1. The lowest BCUT2D eigenvalue weighted by Crippen LogP contribution is -2.48. The largest absolute Gasteiger partial charge is 0.494 e. The molecule has 144 valence electrons. The Morgan fingerprint density at radius 3 is 2.48 bits per heavy atom. The van der Waals surface area contributed by atoms with Crippen LogP contribution in [0.2, 0.25) is 0 Å². The van der Waals surface area contributed by atoms with E-state index in [1.807, 2.05) is 30.3 Å². The quantitative estimate of drug-likeness (QED) is 0.783. The van der Waals surface area contributed by atoms with Crippen molar-refractivity contribution in [2.45, 2.75) is 26.1 Å². The third-order valence-corrected chi connectivity index (χ3v) is 4.22. The highest BCUT2D eigenvalue weighted by Gasteiger charge is 2.20. The topological polar surface area (TPSA) is 70.7 Å². The molecule has 0 saturated heterocycles. The van der Waals surface area contributed by atoms with Gasteiger partial charge >= 0.3 is 6.03 Å². The Labute approximate surface area is 158 Å². The molecule has 0 aliphatic heterocycles. The first-order chi connectivity index (χ1) is 12.9. The maximum absolute atomic E-state index is 13.8. The highest BCUT2D eigenvalue weighted by Crippen LogP contribution is 2.18. The van der Waals surface area contributed by atoms with Crippen molar-refractivity contribution in [2.75, 3.05) is 14.2 Å². The van der Waals surface area contributed by atoms with Gasteiger partial charge in [0.2, 0.25) is 5.91 Å². The number of halogens is 1. The number of carbonyl (C=O) groups excluding carboxylic acids is 2. The van der Waals surface area contributed by atoms with E-state index < -0.39 is 23.8 Å². The van der Waals surface area contributed by atoms with Crippen molar-refractivity contribution in [1.29, 1.82) is 0 Å². The van der Waals surface area contributed by atoms with Crippen LogP contribution in [0.3, 0.4) is 0 Å². The number of nitrogens with zero attached hydrogens (tertiary/aromatic N) is 1. The Balaban J connectivity index is 1.84. The van der Waals surface area contributed by atoms with Gasteiger partial charge in [-0.15, -0.1) is 0 Å². The van der Waals surface area contributed by atoms with Crippen LogP contribution in [0.25, 0.3) is 0 Å². The summed E-state index contributed by atoms with van der Waals surface area (Å²) in [5.41, 5.74) is 1.63. The summed E-state index contributed by atoms with van der Waals surface area (Å²) in [4.78, 5) is 25.9. The molecule has 0 heterocycles. The first kappa shape index (κ1) is 20.4. The summed E-state index contributed by atoms with van der Waals surface area (Å²) in [7, 11) is 3.13. The van der Waals surface area contributed by atoms with Crippen LogP contribution >= 0.6 is 0 Å². The Bertz CT molecular complexity index is 783. The number of imide groups is 1. The van der Waals surface area contributed by atoms with E-state index in [1.54, 1.807) is 31.0 Å². The maximum Gasteiger partial charge on any atom is 0.321 e. The number of benzene rings is 2. The van der Waals surface area contributed by atoms with Gasteiger partial charge in [-0.25, -0.2) is 9.18 Å². The summed E-state index contributed by atoms with van der Waals surface area (Å²) in [5.74, 6) is -0.722. The Kier molecular flexibility index (Phi) is 7.31. The monoisotopic (exact) mass is 373 g/mol. The number of nitrogens with one attached hydrogen (secondary N) is 2. The molecule has 2 aromatic rings. The number of ether oxygens (including phenoxy) is 1. The molecule has 0 bridgehead atoms. The average molecular weight is 373 g/mol. The minimum Gasteiger partial charge on any atom is -0.494 e. The minimum absolute atomic E-state index is 0.169. The smallest absolute Gasteiger partial charge is 0.321 e. The van der Waals surface area contributed by atoms with E-state index >= 15 is 0 Å². The van der Waals surface area contributed by atoms with Gasteiger partial charge in [-0.1, -0.05) is 36.4 Å². The predicted octanol–water partition coefficient (Wildman–Crippen LogP) is 2.68. The van der Waals surface area contributed by atoms with Gasteiger partial charge in [-0.05, 0) is 37.2 Å². The van der Waals surface area contributed by atoms with E-state index in [0.717, 1.165) is 5.56 Å². The zero-order valence-electron chi connectivity index (χ0n) is 15.7. The van der Waals surface area contributed by atoms with Crippen molar-refractivity contribution in [1.82, 2.24) is 15.5 Å². The molecule has 1 unspecified atom stereocenters. The molecule has 3 amide bonds. The van der Waals surface area contributed by atoms with Gasteiger partial charge in [0.05, 0.1) is 13.2 Å². The number of likely N-dealkylation sites (N-methyl/N-ethyl adjacent to an activating group) is 1. The van der Waals surface area contributed by atoms with Gasteiger partial charge in [-0.3, -0.25) is 15.0 Å². The van der Waals surface area contributed by atoms with Crippen LogP contribution in [0.15, 0.2) is 48.5 Å². The van der Waals surface area contributed by atoms with Crippen LogP contribution in [0.1, 0.15) is 18.1 Å². The Morgan fingerprint density at radius 2 is 1.85 bits per heavy atom. The summed E-state index contributed by atoms with van der Waals surface area (Å²) in [6, 6.07) is 12.9. The van der Waals surface area contributed by atoms with Crippen LogP contribution < -0.4 is 15.4 Å². The highest BCUT2D eigenvalue weighted by atomic mass is 19.1.